The number of hydrogen-bond donors (Lipinski definition) is 2. The summed E-state index contributed by atoms with van der Waals surface area (Å²) in [6.07, 6.45) is -0.657. The van der Waals surface area contributed by atoms with E-state index < -0.39 is 11.6 Å². The fraction of sp³-hybridized carbons (Fsp3) is 0.615. The molecule has 0 bridgehead atoms. The van der Waals surface area contributed by atoms with Crippen LogP contribution in [0.5, 0.6) is 0 Å². The molecule has 1 heterocycles. The molecule has 1 rings (SSSR count). The number of carbonyl (C=O) groups is 2. The molecule has 7 heteroatoms. The Balaban J connectivity index is 2.77. The van der Waals surface area contributed by atoms with E-state index in [4.69, 9.17) is 4.52 Å². The molecular weight excluding hydrogens is 262 g/mol. The highest BCUT2D eigenvalue weighted by Gasteiger charge is 2.31. The van der Waals surface area contributed by atoms with Gasteiger partial charge in [0.05, 0.1) is 18.8 Å². The number of methoxy groups -OCH3 is 1. The van der Waals surface area contributed by atoms with E-state index in [1.807, 2.05) is 13.8 Å². The molecule has 1 aromatic heterocycles. The van der Waals surface area contributed by atoms with Crippen LogP contribution in [0.3, 0.4) is 0 Å². The van der Waals surface area contributed by atoms with E-state index in [1.54, 1.807) is 20.8 Å². The number of aryl methyl sites for hydroxylation is 2. The van der Waals surface area contributed by atoms with Gasteiger partial charge < -0.3 is 19.9 Å². The lowest BCUT2D eigenvalue weighted by molar-refractivity contribution is -0.126. The number of ether oxygens (including phenoxy) is 1. The molecule has 1 aromatic rings. The van der Waals surface area contributed by atoms with Crippen molar-refractivity contribution in [3.63, 3.8) is 0 Å². The minimum Gasteiger partial charge on any atom is -0.453 e. The van der Waals surface area contributed by atoms with Gasteiger partial charge in [-0.1, -0.05) is 5.16 Å². The highest BCUT2D eigenvalue weighted by atomic mass is 16.5. The van der Waals surface area contributed by atoms with Crippen molar-refractivity contribution in [1.82, 2.24) is 15.8 Å². The normalized spacial score (nSPS) is 12.7. The monoisotopic (exact) mass is 283 g/mol. The molecule has 0 aliphatic heterocycles. The van der Waals surface area contributed by atoms with Gasteiger partial charge in [0.25, 0.3) is 0 Å². The van der Waals surface area contributed by atoms with Crippen molar-refractivity contribution in [3.8, 4) is 0 Å². The van der Waals surface area contributed by atoms with Crippen molar-refractivity contribution in [2.75, 3.05) is 7.11 Å². The van der Waals surface area contributed by atoms with E-state index in [2.05, 4.69) is 20.5 Å². The van der Waals surface area contributed by atoms with Gasteiger partial charge in [-0.3, -0.25) is 4.79 Å². The molecule has 0 radical (unpaired) electrons. The predicted molar refractivity (Wildman–Crippen MR) is 72.2 cm³/mol. The van der Waals surface area contributed by atoms with Crippen molar-refractivity contribution >= 4 is 12.0 Å². The van der Waals surface area contributed by atoms with Gasteiger partial charge in [0.2, 0.25) is 5.91 Å². The number of hydrogen-bond acceptors (Lipinski definition) is 5. The average Bonchev–Trinajstić information content (AvgIpc) is 2.68. The Kier molecular flexibility index (Phi) is 4.75. The molecule has 20 heavy (non-hydrogen) atoms. The Bertz CT molecular complexity index is 488. The smallest absolute Gasteiger partial charge is 0.407 e. The van der Waals surface area contributed by atoms with E-state index in [0.29, 0.717) is 5.76 Å². The Morgan fingerprint density at radius 3 is 2.40 bits per heavy atom. The van der Waals surface area contributed by atoms with Crippen LogP contribution >= 0.6 is 0 Å². The van der Waals surface area contributed by atoms with Crippen molar-refractivity contribution < 1.29 is 18.8 Å². The third-order valence-electron chi connectivity index (χ3n) is 3.04. The molecule has 7 nitrogen and oxygen atoms in total. The SMILES string of the molecule is COC(=O)NC(C)(C)C(=O)N[C@H](C)c1c(C)noc1C. The molecular formula is C13H21N3O4. The summed E-state index contributed by atoms with van der Waals surface area (Å²) in [5.74, 6) is 0.337. The van der Waals surface area contributed by atoms with Gasteiger partial charge in [0.1, 0.15) is 11.3 Å². The zero-order valence-electron chi connectivity index (χ0n) is 12.7. The number of nitrogens with zero attached hydrogens (tertiary/aromatic N) is 1. The minimum atomic E-state index is -1.08. The van der Waals surface area contributed by atoms with Crippen LogP contribution in [0.4, 0.5) is 4.79 Å². The van der Waals surface area contributed by atoms with Crippen molar-refractivity contribution in [2.24, 2.45) is 0 Å². The first-order valence-electron chi connectivity index (χ1n) is 6.29. The summed E-state index contributed by atoms with van der Waals surface area (Å²) in [5, 5.41) is 9.15. The van der Waals surface area contributed by atoms with E-state index in [0.717, 1.165) is 11.3 Å². The largest absolute Gasteiger partial charge is 0.453 e. The van der Waals surface area contributed by atoms with Gasteiger partial charge in [0.15, 0.2) is 0 Å². The van der Waals surface area contributed by atoms with Crippen LogP contribution in [0.15, 0.2) is 4.52 Å². The predicted octanol–water partition coefficient (Wildman–Crippen LogP) is 1.60. The molecule has 0 spiro atoms. The molecule has 2 amide bonds. The van der Waals surface area contributed by atoms with Gasteiger partial charge in [-0.15, -0.1) is 0 Å². The molecule has 0 aliphatic rings. The second kappa shape index (κ2) is 5.94. The van der Waals surface area contributed by atoms with Gasteiger partial charge in [-0.05, 0) is 34.6 Å². The molecule has 0 fully saturated rings. The first kappa shape index (κ1) is 16.0. The summed E-state index contributed by atoms with van der Waals surface area (Å²) in [4.78, 5) is 23.4. The van der Waals surface area contributed by atoms with Gasteiger partial charge >= 0.3 is 6.09 Å². The number of nitrogens with one attached hydrogen (secondary N) is 2. The molecule has 112 valence electrons. The fourth-order valence-corrected chi connectivity index (χ4v) is 1.92. The number of carbonyl (C=O) groups excluding carboxylic acids is 2. The van der Waals surface area contributed by atoms with E-state index in [9.17, 15) is 9.59 Å². The summed E-state index contributed by atoms with van der Waals surface area (Å²) >= 11 is 0. The third kappa shape index (κ3) is 3.49. The quantitative estimate of drug-likeness (QED) is 0.875. The number of alkyl carbamates (subject to hydrolysis) is 1. The van der Waals surface area contributed by atoms with E-state index in [1.165, 1.54) is 7.11 Å². The van der Waals surface area contributed by atoms with Gasteiger partial charge in [-0.2, -0.15) is 0 Å². The lowest BCUT2D eigenvalue weighted by atomic mass is 10.0. The Hall–Kier alpha value is -2.05. The standard InChI is InChI=1S/C13H21N3O4/c1-7(10-8(2)16-20-9(10)3)14-11(17)13(4,5)15-12(18)19-6/h7H,1-6H3,(H,14,17)(H,15,18)/t7-/m1/s1. The maximum atomic E-state index is 12.2. The van der Waals surface area contributed by atoms with Gasteiger partial charge in [-0.25, -0.2) is 4.79 Å². The van der Waals surface area contributed by atoms with E-state index in [-0.39, 0.29) is 11.9 Å². The molecule has 0 saturated carbocycles. The zero-order valence-corrected chi connectivity index (χ0v) is 12.7. The van der Waals surface area contributed by atoms with Crippen LogP contribution in [-0.2, 0) is 9.53 Å². The van der Waals surface area contributed by atoms with E-state index >= 15 is 0 Å². The van der Waals surface area contributed by atoms with Crippen LogP contribution < -0.4 is 10.6 Å². The summed E-state index contributed by atoms with van der Waals surface area (Å²) in [6, 6.07) is -0.271. The van der Waals surface area contributed by atoms with Crippen molar-refractivity contribution in [1.29, 1.82) is 0 Å². The lowest BCUT2D eigenvalue weighted by Gasteiger charge is -2.26. The fourth-order valence-electron chi connectivity index (χ4n) is 1.92. The topological polar surface area (TPSA) is 93.5 Å². The molecule has 0 aromatic carbocycles. The molecule has 0 unspecified atom stereocenters. The maximum absolute atomic E-state index is 12.2. The molecule has 0 aliphatic carbocycles. The molecule has 2 N–H and O–H groups in total. The van der Waals surface area contributed by atoms with Crippen LogP contribution in [0.1, 0.15) is 43.8 Å². The first-order chi connectivity index (χ1) is 9.19. The van der Waals surface area contributed by atoms with Crippen molar-refractivity contribution in [2.45, 2.75) is 46.2 Å². The molecule has 1 atom stereocenters. The van der Waals surface area contributed by atoms with Crippen LogP contribution in [0, 0.1) is 13.8 Å². The average molecular weight is 283 g/mol. The van der Waals surface area contributed by atoms with Crippen LogP contribution in [-0.4, -0.2) is 29.8 Å². The number of aromatic nitrogens is 1. The third-order valence-corrected chi connectivity index (χ3v) is 3.04. The Morgan fingerprint density at radius 2 is 1.95 bits per heavy atom. The number of rotatable bonds is 4. The number of amides is 2. The highest BCUT2D eigenvalue weighted by molar-refractivity contribution is 5.89. The second-order valence-electron chi connectivity index (χ2n) is 5.17. The first-order valence-corrected chi connectivity index (χ1v) is 6.29. The molecule has 0 saturated heterocycles. The second-order valence-corrected chi connectivity index (χ2v) is 5.17. The van der Waals surface area contributed by atoms with Gasteiger partial charge in [0, 0.05) is 5.56 Å². The zero-order chi connectivity index (χ0) is 15.5. The van der Waals surface area contributed by atoms with Crippen molar-refractivity contribution in [3.05, 3.63) is 17.0 Å². The summed E-state index contributed by atoms with van der Waals surface area (Å²) in [7, 11) is 1.25. The summed E-state index contributed by atoms with van der Waals surface area (Å²) in [5.41, 5.74) is 0.488. The summed E-state index contributed by atoms with van der Waals surface area (Å²) in [6.45, 7) is 8.62. The highest BCUT2D eigenvalue weighted by Crippen LogP contribution is 2.21. The minimum absolute atomic E-state index is 0.271. The Morgan fingerprint density at radius 1 is 1.35 bits per heavy atom. The van der Waals surface area contributed by atoms with Crippen LogP contribution in [0.2, 0.25) is 0 Å². The lowest BCUT2D eigenvalue weighted by Crippen LogP contribution is -2.55. The summed E-state index contributed by atoms with van der Waals surface area (Å²) < 4.78 is 9.57. The maximum Gasteiger partial charge on any atom is 0.407 e. The Labute approximate surface area is 118 Å². The van der Waals surface area contributed by atoms with Crippen LogP contribution in [0.25, 0.3) is 0 Å².